The molecule has 1 aliphatic heterocycles. The third kappa shape index (κ3) is 0.348. The lowest BCUT2D eigenvalue weighted by atomic mass is 10.2. The SMILES string of the molecule is CC1=[N+](C)CC1. The first kappa shape index (κ1) is 3.85. The highest BCUT2D eigenvalue weighted by molar-refractivity contribution is 5.79. The molecule has 0 aromatic carbocycles. The Morgan fingerprint density at radius 1 is 1.67 bits per heavy atom. The van der Waals surface area contributed by atoms with Crippen LogP contribution in [0.4, 0.5) is 0 Å². The molecule has 0 fully saturated rings. The van der Waals surface area contributed by atoms with Crippen LogP contribution in [0.1, 0.15) is 13.3 Å². The maximum absolute atomic E-state index is 2.26. The van der Waals surface area contributed by atoms with Crippen LogP contribution in [0.15, 0.2) is 0 Å². The predicted molar refractivity (Wildman–Crippen MR) is 26.3 cm³/mol. The topological polar surface area (TPSA) is 3.01 Å². The first-order valence-electron chi connectivity index (χ1n) is 2.34. The Bertz CT molecular complexity index is 80.1. The lowest BCUT2D eigenvalue weighted by molar-refractivity contribution is -0.523. The quantitative estimate of drug-likeness (QED) is 0.376. The second kappa shape index (κ2) is 1.07. The zero-order valence-corrected chi connectivity index (χ0v) is 4.36. The van der Waals surface area contributed by atoms with Crippen LogP contribution in [0.3, 0.4) is 0 Å². The third-order valence-corrected chi connectivity index (χ3v) is 1.46. The van der Waals surface area contributed by atoms with Gasteiger partial charge in [0.1, 0.15) is 7.05 Å². The van der Waals surface area contributed by atoms with E-state index in [1.165, 1.54) is 18.7 Å². The molecule has 0 saturated heterocycles. The zero-order valence-electron chi connectivity index (χ0n) is 4.36. The molecule has 1 rings (SSSR count). The van der Waals surface area contributed by atoms with Gasteiger partial charge in [-0.3, -0.25) is 0 Å². The summed E-state index contributed by atoms with van der Waals surface area (Å²) < 4.78 is 2.26. The van der Waals surface area contributed by atoms with Gasteiger partial charge in [0.25, 0.3) is 0 Å². The van der Waals surface area contributed by atoms with E-state index in [0.717, 1.165) is 0 Å². The Kier molecular flexibility index (Phi) is 0.685. The van der Waals surface area contributed by atoms with Gasteiger partial charge in [-0.15, -0.1) is 0 Å². The van der Waals surface area contributed by atoms with Crippen molar-refractivity contribution in [2.75, 3.05) is 13.6 Å². The van der Waals surface area contributed by atoms with E-state index in [1.54, 1.807) is 0 Å². The van der Waals surface area contributed by atoms with Crippen LogP contribution in [0.2, 0.25) is 0 Å². The van der Waals surface area contributed by atoms with Gasteiger partial charge in [0.2, 0.25) is 0 Å². The molecule has 0 atom stereocenters. The van der Waals surface area contributed by atoms with E-state index in [4.69, 9.17) is 0 Å². The summed E-state index contributed by atoms with van der Waals surface area (Å²) in [4.78, 5) is 0. The Morgan fingerprint density at radius 2 is 2.17 bits per heavy atom. The van der Waals surface area contributed by atoms with Gasteiger partial charge in [0.15, 0.2) is 12.3 Å². The standard InChI is InChI=1S/C5H10N/c1-5-3-4-6(5)2/h3-4H2,1-2H3/q+1. The summed E-state index contributed by atoms with van der Waals surface area (Å²) in [5.41, 5.74) is 1.52. The van der Waals surface area contributed by atoms with Crippen molar-refractivity contribution in [2.24, 2.45) is 0 Å². The first-order valence-corrected chi connectivity index (χ1v) is 2.34. The van der Waals surface area contributed by atoms with E-state index in [9.17, 15) is 0 Å². The first-order chi connectivity index (χ1) is 2.80. The second-order valence-corrected chi connectivity index (χ2v) is 1.91. The molecule has 0 aromatic rings. The number of hydrogen-bond acceptors (Lipinski definition) is 0. The van der Waals surface area contributed by atoms with Crippen molar-refractivity contribution >= 4 is 5.71 Å². The van der Waals surface area contributed by atoms with Crippen LogP contribution in [-0.2, 0) is 0 Å². The minimum atomic E-state index is 1.27. The number of hydrogen-bond donors (Lipinski definition) is 0. The number of rotatable bonds is 0. The molecule has 1 heteroatoms. The summed E-state index contributed by atoms with van der Waals surface area (Å²) in [6.07, 6.45) is 1.32. The Labute approximate surface area is 38.3 Å². The lowest BCUT2D eigenvalue weighted by Crippen LogP contribution is -2.28. The van der Waals surface area contributed by atoms with E-state index in [1.807, 2.05) is 0 Å². The van der Waals surface area contributed by atoms with Gasteiger partial charge in [-0.1, -0.05) is 0 Å². The molecule has 6 heavy (non-hydrogen) atoms. The molecular weight excluding hydrogens is 74.1 g/mol. The van der Waals surface area contributed by atoms with Crippen molar-refractivity contribution in [1.29, 1.82) is 0 Å². The molecule has 0 aliphatic carbocycles. The minimum Gasteiger partial charge on any atom is -0.239 e. The van der Waals surface area contributed by atoms with Gasteiger partial charge in [-0.2, -0.15) is 0 Å². The fourth-order valence-corrected chi connectivity index (χ4v) is 0.559. The summed E-state index contributed by atoms with van der Waals surface area (Å²) in [6.45, 7) is 3.44. The van der Waals surface area contributed by atoms with E-state index in [2.05, 4.69) is 18.5 Å². The Morgan fingerprint density at radius 3 is 2.17 bits per heavy atom. The van der Waals surface area contributed by atoms with Crippen molar-refractivity contribution in [2.45, 2.75) is 13.3 Å². The van der Waals surface area contributed by atoms with Gasteiger partial charge < -0.3 is 0 Å². The molecular formula is C5H10N+. The van der Waals surface area contributed by atoms with E-state index < -0.39 is 0 Å². The molecule has 0 amide bonds. The average Bonchev–Trinajstić information content (AvgIpc) is 1.61. The van der Waals surface area contributed by atoms with Crippen molar-refractivity contribution in [3.8, 4) is 0 Å². The fraction of sp³-hybridized carbons (Fsp3) is 0.800. The van der Waals surface area contributed by atoms with Crippen molar-refractivity contribution in [3.05, 3.63) is 0 Å². The maximum atomic E-state index is 2.26. The molecule has 0 aromatic heterocycles. The highest BCUT2D eigenvalue weighted by Crippen LogP contribution is 1.95. The van der Waals surface area contributed by atoms with Gasteiger partial charge in [-0.25, -0.2) is 4.58 Å². The molecule has 0 unspecified atom stereocenters. The van der Waals surface area contributed by atoms with Crippen LogP contribution in [-0.4, -0.2) is 23.9 Å². The van der Waals surface area contributed by atoms with Gasteiger partial charge in [0.05, 0.1) is 6.42 Å². The van der Waals surface area contributed by atoms with Crippen molar-refractivity contribution < 1.29 is 4.58 Å². The zero-order chi connectivity index (χ0) is 4.57. The highest BCUT2D eigenvalue weighted by atomic mass is 15.0. The summed E-state index contributed by atoms with van der Waals surface area (Å²) in [5.74, 6) is 0. The Hall–Kier alpha value is -0.330. The van der Waals surface area contributed by atoms with E-state index in [0.29, 0.717) is 0 Å². The predicted octanol–water partition coefficient (Wildman–Crippen LogP) is 0.493. The maximum Gasteiger partial charge on any atom is 0.155 e. The van der Waals surface area contributed by atoms with E-state index >= 15 is 0 Å². The van der Waals surface area contributed by atoms with Crippen molar-refractivity contribution in [3.63, 3.8) is 0 Å². The summed E-state index contributed by atoms with van der Waals surface area (Å²) in [5, 5.41) is 0. The van der Waals surface area contributed by atoms with E-state index in [-0.39, 0.29) is 0 Å². The summed E-state index contributed by atoms with van der Waals surface area (Å²) in [6, 6.07) is 0. The summed E-state index contributed by atoms with van der Waals surface area (Å²) in [7, 11) is 2.12. The second-order valence-electron chi connectivity index (χ2n) is 1.91. The molecule has 0 radical (unpaired) electrons. The van der Waals surface area contributed by atoms with Crippen LogP contribution in [0, 0.1) is 0 Å². The van der Waals surface area contributed by atoms with Crippen LogP contribution in [0.25, 0.3) is 0 Å². The van der Waals surface area contributed by atoms with Gasteiger partial charge in [0, 0.05) is 6.92 Å². The average molecular weight is 84.1 g/mol. The smallest absolute Gasteiger partial charge is 0.155 e. The molecule has 0 spiro atoms. The molecule has 34 valence electrons. The monoisotopic (exact) mass is 84.1 g/mol. The lowest BCUT2D eigenvalue weighted by Gasteiger charge is -2.07. The minimum absolute atomic E-state index is 1.27. The third-order valence-electron chi connectivity index (χ3n) is 1.46. The van der Waals surface area contributed by atoms with Crippen LogP contribution in [0.5, 0.6) is 0 Å². The van der Waals surface area contributed by atoms with Gasteiger partial charge >= 0.3 is 0 Å². The molecule has 1 nitrogen and oxygen atoms in total. The summed E-state index contributed by atoms with van der Waals surface area (Å²) >= 11 is 0. The molecule has 0 bridgehead atoms. The molecule has 1 aliphatic rings. The van der Waals surface area contributed by atoms with Gasteiger partial charge in [-0.05, 0) is 0 Å². The van der Waals surface area contributed by atoms with Crippen LogP contribution >= 0.6 is 0 Å². The normalized spacial score (nSPS) is 21.0. The Balaban J connectivity index is 2.66. The molecule has 1 heterocycles. The van der Waals surface area contributed by atoms with Crippen LogP contribution < -0.4 is 0 Å². The molecule has 0 saturated carbocycles. The largest absolute Gasteiger partial charge is 0.239 e. The highest BCUT2D eigenvalue weighted by Gasteiger charge is 2.14. The van der Waals surface area contributed by atoms with Crippen molar-refractivity contribution in [1.82, 2.24) is 0 Å². The number of nitrogens with zero attached hydrogens (tertiary/aromatic N) is 1. The molecule has 0 N–H and O–H groups in total. The fourth-order valence-electron chi connectivity index (χ4n) is 0.559.